The van der Waals surface area contributed by atoms with Gasteiger partial charge in [-0.2, -0.15) is 5.26 Å². The topological polar surface area (TPSA) is 101 Å². The molecule has 2 amide bonds. The number of anilines is 1. The number of para-hydroxylation sites is 2. The van der Waals surface area contributed by atoms with Gasteiger partial charge in [0.2, 0.25) is 5.91 Å². The standard InChI is InChI=1S/C22H20N4O2/c1-2-15-7-3-5-9-19(15)25-22(28)16(12-23)11-17-13-26(14-21(24)27)20-10-6-4-8-18(17)20/h3-11,13H,2,14H2,1H3,(H2,24,27)(H,25,28). The molecule has 0 fully saturated rings. The maximum Gasteiger partial charge on any atom is 0.266 e. The number of nitrogens with zero attached hydrogens (tertiary/aromatic N) is 2. The van der Waals surface area contributed by atoms with E-state index in [0.717, 1.165) is 22.9 Å². The van der Waals surface area contributed by atoms with Crippen LogP contribution in [0.15, 0.2) is 60.3 Å². The predicted molar refractivity (Wildman–Crippen MR) is 109 cm³/mol. The van der Waals surface area contributed by atoms with Crippen molar-refractivity contribution in [2.75, 3.05) is 5.32 Å². The predicted octanol–water partition coefficient (Wildman–Crippen LogP) is 3.23. The Balaban J connectivity index is 1.98. The molecular weight excluding hydrogens is 352 g/mol. The molecule has 0 saturated heterocycles. The summed E-state index contributed by atoms with van der Waals surface area (Å²) in [5.41, 5.74) is 8.46. The third-order valence-corrected chi connectivity index (χ3v) is 4.46. The van der Waals surface area contributed by atoms with E-state index in [1.165, 1.54) is 6.08 Å². The van der Waals surface area contributed by atoms with Gasteiger partial charge in [0.15, 0.2) is 0 Å². The Kier molecular flexibility index (Phi) is 5.56. The second-order valence-electron chi connectivity index (χ2n) is 6.33. The number of hydrogen-bond donors (Lipinski definition) is 2. The molecule has 0 atom stereocenters. The summed E-state index contributed by atoms with van der Waals surface area (Å²) < 4.78 is 1.71. The van der Waals surface area contributed by atoms with Crippen LogP contribution in [0.5, 0.6) is 0 Å². The molecule has 6 heteroatoms. The molecular formula is C22H20N4O2. The maximum absolute atomic E-state index is 12.7. The van der Waals surface area contributed by atoms with Crippen LogP contribution in [0, 0.1) is 11.3 Å². The SMILES string of the molecule is CCc1ccccc1NC(=O)C(C#N)=Cc1cn(CC(N)=O)c2ccccc12. The third-order valence-electron chi connectivity index (χ3n) is 4.46. The van der Waals surface area contributed by atoms with Crippen LogP contribution in [0.3, 0.4) is 0 Å². The second kappa shape index (κ2) is 8.23. The number of aryl methyl sites for hydroxylation is 1. The average molecular weight is 372 g/mol. The van der Waals surface area contributed by atoms with E-state index in [1.807, 2.05) is 61.5 Å². The maximum atomic E-state index is 12.7. The minimum absolute atomic E-state index is 0.0202. The summed E-state index contributed by atoms with van der Waals surface area (Å²) >= 11 is 0. The molecule has 0 aliphatic carbocycles. The molecule has 1 heterocycles. The van der Waals surface area contributed by atoms with Crippen molar-refractivity contribution < 1.29 is 9.59 Å². The Morgan fingerprint density at radius 1 is 1.18 bits per heavy atom. The van der Waals surface area contributed by atoms with Gasteiger partial charge in [-0.1, -0.05) is 43.3 Å². The molecule has 0 bridgehead atoms. The number of primary amides is 1. The van der Waals surface area contributed by atoms with Crippen LogP contribution < -0.4 is 11.1 Å². The summed E-state index contributed by atoms with van der Waals surface area (Å²) in [6, 6.07) is 16.9. The van der Waals surface area contributed by atoms with Crippen LogP contribution in [0.4, 0.5) is 5.69 Å². The third kappa shape index (κ3) is 3.94. The molecule has 0 spiro atoms. The van der Waals surface area contributed by atoms with Gasteiger partial charge in [-0.3, -0.25) is 9.59 Å². The number of carbonyl (C=O) groups is 2. The first-order chi connectivity index (χ1) is 13.5. The number of amides is 2. The van der Waals surface area contributed by atoms with Gasteiger partial charge in [-0.25, -0.2) is 0 Å². The monoisotopic (exact) mass is 372 g/mol. The van der Waals surface area contributed by atoms with Crippen LogP contribution in [0.1, 0.15) is 18.1 Å². The number of benzene rings is 2. The van der Waals surface area contributed by atoms with E-state index in [4.69, 9.17) is 5.73 Å². The molecule has 0 aliphatic heterocycles. The van der Waals surface area contributed by atoms with Gasteiger partial charge in [-0.05, 0) is 30.2 Å². The van der Waals surface area contributed by atoms with E-state index in [-0.39, 0.29) is 12.1 Å². The van der Waals surface area contributed by atoms with Crippen molar-refractivity contribution in [3.63, 3.8) is 0 Å². The Labute approximate surface area is 162 Å². The van der Waals surface area contributed by atoms with Gasteiger partial charge in [0.1, 0.15) is 18.2 Å². The Bertz CT molecular complexity index is 1120. The van der Waals surface area contributed by atoms with Gasteiger partial charge in [-0.15, -0.1) is 0 Å². The quantitative estimate of drug-likeness (QED) is 0.513. The van der Waals surface area contributed by atoms with Gasteiger partial charge in [0, 0.05) is 28.4 Å². The number of rotatable bonds is 6. The van der Waals surface area contributed by atoms with E-state index in [2.05, 4.69) is 5.32 Å². The fraction of sp³-hybridized carbons (Fsp3) is 0.136. The fourth-order valence-corrected chi connectivity index (χ4v) is 3.13. The minimum Gasteiger partial charge on any atom is -0.368 e. The van der Waals surface area contributed by atoms with Crippen molar-refractivity contribution in [2.45, 2.75) is 19.9 Å². The summed E-state index contributed by atoms with van der Waals surface area (Å²) in [7, 11) is 0. The van der Waals surface area contributed by atoms with Crippen molar-refractivity contribution in [2.24, 2.45) is 5.73 Å². The number of aromatic nitrogens is 1. The lowest BCUT2D eigenvalue weighted by molar-refractivity contribution is -0.118. The lowest BCUT2D eigenvalue weighted by Crippen LogP contribution is -2.17. The Morgan fingerprint density at radius 3 is 2.61 bits per heavy atom. The molecule has 3 N–H and O–H groups in total. The van der Waals surface area contributed by atoms with Gasteiger partial charge in [0.05, 0.1) is 0 Å². The summed E-state index contributed by atoms with van der Waals surface area (Å²) in [4.78, 5) is 24.0. The number of nitriles is 1. The summed E-state index contributed by atoms with van der Waals surface area (Å²) in [5.74, 6) is -0.944. The highest BCUT2D eigenvalue weighted by Gasteiger charge is 2.14. The lowest BCUT2D eigenvalue weighted by Gasteiger charge is -2.08. The highest BCUT2D eigenvalue weighted by Crippen LogP contribution is 2.24. The summed E-state index contributed by atoms with van der Waals surface area (Å²) in [6.45, 7) is 2.02. The summed E-state index contributed by atoms with van der Waals surface area (Å²) in [5, 5.41) is 13.2. The zero-order valence-corrected chi connectivity index (χ0v) is 15.5. The lowest BCUT2D eigenvalue weighted by atomic mass is 10.1. The van der Waals surface area contributed by atoms with E-state index < -0.39 is 11.8 Å². The number of hydrogen-bond acceptors (Lipinski definition) is 3. The van der Waals surface area contributed by atoms with Crippen molar-refractivity contribution >= 4 is 34.5 Å². The Morgan fingerprint density at radius 2 is 1.89 bits per heavy atom. The summed E-state index contributed by atoms with van der Waals surface area (Å²) in [6.07, 6.45) is 4.02. The number of carbonyl (C=O) groups excluding carboxylic acids is 2. The van der Waals surface area contributed by atoms with Crippen LogP contribution in [-0.2, 0) is 22.6 Å². The van der Waals surface area contributed by atoms with Gasteiger partial charge < -0.3 is 15.6 Å². The molecule has 3 aromatic rings. The van der Waals surface area contributed by atoms with E-state index in [9.17, 15) is 14.9 Å². The minimum atomic E-state index is -0.477. The van der Waals surface area contributed by atoms with E-state index in [0.29, 0.717) is 11.3 Å². The van der Waals surface area contributed by atoms with E-state index >= 15 is 0 Å². The smallest absolute Gasteiger partial charge is 0.266 e. The second-order valence-corrected chi connectivity index (χ2v) is 6.33. The van der Waals surface area contributed by atoms with Crippen LogP contribution in [0.2, 0.25) is 0 Å². The molecule has 28 heavy (non-hydrogen) atoms. The van der Waals surface area contributed by atoms with Crippen LogP contribution in [0.25, 0.3) is 17.0 Å². The van der Waals surface area contributed by atoms with Crippen LogP contribution in [-0.4, -0.2) is 16.4 Å². The van der Waals surface area contributed by atoms with Crippen molar-refractivity contribution in [3.05, 3.63) is 71.4 Å². The average Bonchev–Trinajstić information content (AvgIpc) is 3.03. The highest BCUT2D eigenvalue weighted by atomic mass is 16.2. The number of nitrogens with one attached hydrogen (secondary N) is 1. The van der Waals surface area contributed by atoms with Crippen molar-refractivity contribution in [1.82, 2.24) is 4.57 Å². The van der Waals surface area contributed by atoms with Gasteiger partial charge in [0.25, 0.3) is 5.91 Å². The molecule has 0 radical (unpaired) electrons. The molecule has 2 aromatic carbocycles. The molecule has 1 aromatic heterocycles. The first-order valence-electron chi connectivity index (χ1n) is 8.90. The number of fused-ring (bicyclic) bond motifs is 1. The number of nitrogens with two attached hydrogens (primary N) is 1. The fourth-order valence-electron chi connectivity index (χ4n) is 3.13. The first kappa shape index (κ1) is 18.9. The molecule has 6 nitrogen and oxygen atoms in total. The van der Waals surface area contributed by atoms with E-state index in [1.54, 1.807) is 10.8 Å². The molecule has 140 valence electrons. The normalized spacial score (nSPS) is 11.2. The van der Waals surface area contributed by atoms with Crippen molar-refractivity contribution in [3.8, 4) is 6.07 Å². The molecule has 0 saturated carbocycles. The largest absolute Gasteiger partial charge is 0.368 e. The van der Waals surface area contributed by atoms with Crippen molar-refractivity contribution in [1.29, 1.82) is 5.26 Å². The zero-order chi connectivity index (χ0) is 20.1. The Hall–Kier alpha value is -3.85. The highest BCUT2D eigenvalue weighted by molar-refractivity contribution is 6.11. The molecule has 3 rings (SSSR count). The molecule has 0 aliphatic rings. The first-order valence-corrected chi connectivity index (χ1v) is 8.90. The van der Waals surface area contributed by atoms with Gasteiger partial charge >= 0.3 is 0 Å². The molecule has 0 unspecified atom stereocenters. The zero-order valence-electron chi connectivity index (χ0n) is 15.5. The van der Waals surface area contributed by atoms with Crippen LogP contribution >= 0.6 is 0 Å².